The lowest BCUT2D eigenvalue weighted by Crippen LogP contribution is -2.39. The summed E-state index contributed by atoms with van der Waals surface area (Å²) in [5, 5.41) is 12.9. The van der Waals surface area contributed by atoms with E-state index >= 15 is 0 Å². The second-order valence-electron chi connectivity index (χ2n) is 3.69. The molecule has 6 nitrogen and oxygen atoms in total. The summed E-state index contributed by atoms with van der Waals surface area (Å²) in [5.74, 6) is -1.76. The van der Waals surface area contributed by atoms with Gasteiger partial charge in [-0.1, -0.05) is 15.9 Å². The normalized spacial score (nSPS) is 9.85. The van der Waals surface area contributed by atoms with Gasteiger partial charge >= 0.3 is 5.97 Å². The lowest BCUT2D eigenvalue weighted by atomic mass is 10.4. The SMILES string of the molecule is O=C(O)CNC(=O)CNC(=O)CSc1ccc(Br)cc1. The highest BCUT2D eigenvalue weighted by atomic mass is 79.9. The van der Waals surface area contributed by atoms with Crippen LogP contribution in [-0.4, -0.2) is 41.7 Å². The molecule has 108 valence electrons. The van der Waals surface area contributed by atoms with Gasteiger partial charge in [-0.3, -0.25) is 14.4 Å². The summed E-state index contributed by atoms with van der Waals surface area (Å²) in [4.78, 5) is 33.8. The van der Waals surface area contributed by atoms with Crippen LogP contribution in [0.15, 0.2) is 33.6 Å². The summed E-state index contributed by atoms with van der Waals surface area (Å²) in [7, 11) is 0. The maximum absolute atomic E-state index is 11.5. The van der Waals surface area contributed by atoms with Crippen LogP contribution in [0.1, 0.15) is 0 Å². The summed E-state index contributed by atoms with van der Waals surface area (Å²) in [5.41, 5.74) is 0. The Morgan fingerprint density at radius 2 is 1.65 bits per heavy atom. The molecule has 0 heterocycles. The van der Waals surface area contributed by atoms with Gasteiger partial charge in [-0.2, -0.15) is 0 Å². The minimum atomic E-state index is -1.13. The van der Waals surface area contributed by atoms with Gasteiger partial charge in [0.2, 0.25) is 11.8 Å². The van der Waals surface area contributed by atoms with Gasteiger partial charge in [0.15, 0.2) is 0 Å². The molecule has 0 radical (unpaired) electrons. The standard InChI is InChI=1S/C12H13BrN2O4S/c13-8-1-3-9(4-2-8)20-7-11(17)14-5-10(16)15-6-12(18)19/h1-4H,5-7H2,(H,14,17)(H,15,16)(H,18,19). The van der Waals surface area contributed by atoms with Gasteiger partial charge in [-0.15, -0.1) is 11.8 Å². The summed E-state index contributed by atoms with van der Waals surface area (Å²) < 4.78 is 0.960. The van der Waals surface area contributed by atoms with Crippen molar-refractivity contribution in [3.05, 3.63) is 28.7 Å². The Balaban J connectivity index is 2.21. The third-order valence-corrected chi connectivity index (χ3v) is 3.61. The molecule has 8 heteroatoms. The molecule has 0 bridgehead atoms. The van der Waals surface area contributed by atoms with Gasteiger partial charge in [-0.25, -0.2) is 0 Å². The van der Waals surface area contributed by atoms with Crippen molar-refractivity contribution in [1.29, 1.82) is 0 Å². The van der Waals surface area contributed by atoms with Crippen molar-refractivity contribution >= 4 is 45.5 Å². The van der Waals surface area contributed by atoms with Crippen LogP contribution in [0.2, 0.25) is 0 Å². The van der Waals surface area contributed by atoms with Crippen molar-refractivity contribution in [3.8, 4) is 0 Å². The van der Waals surface area contributed by atoms with Crippen molar-refractivity contribution < 1.29 is 19.5 Å². The molecule has 0 aromatic heterocycles. The summed E-state index contributed by atoms with van der Waals surface area (Å²) >= 11 is 4.66. The molecule has 0 aliphatic rings. The molecule has 3 N–H and O–H groups in total. The molecule has 1 aromatic carbocycles. The van der Waals surface area contributed by atoms with Crippen LogP contribution in [0.5, 0.6) is 0 Å². The van der Waals surface area contributed by atoms with E-state index in [1.165, 1.54) is 11.8 Å². The molecule has 20 heavy (non-hydrogen) atoms. The minimum Gasteiger partial charge on any atom is -0.480 e. The number of amides is 2. The van der Waals surface area contributed by atoms with Crippen molar-refractivity contribution in [1.82, 2.24) is 10.6 Å². The second kappa shape index (κ2) is 8.60. The fraction of sp³-hybridized carbons (Fsp3) is 0.250. The number of hydrogen-bond acceptors (Lipinski definition) is 4. The molecule has 0 saturated carbocycles. The minimum absolute atomic E-state index is 0.188. The number of thioether (sulfide) groups is 1. The number of carboxylic acid groups (broad SMARTS) is 1. The number of carbonyl (C=O) groups is 3. The van der Waals surface area contributed by atoms with E-state index in [2.05, 4.69) is 26.6 Å². The molecule has 1 aromatic rings. The Morgan fingerprint density at radius 1 is 1.05 bits per heavy atom. The number of carbonyl (C=O) groups excluding carboxylic acids is 2. The highest BCUT2D eigenvalue weighted by molar-refractivity contribution is 9.10. The topological polar surface area (TPSA) is 95.5 Å². The van der Waals surface area contributed by atoms with E-state index in [-0.39, 0.29) is 18.2 Å². The monoisotopic (exact) mass is 360 g/mol. The first-order valence-corrected chi connectivity index (χ1v) is 7.39. The quantitative estimate of drug-likeness (QED) is 0.626. The Bertz CT molecular complexity index is 493. The van der Waals surface area contributed by atoms with Gasteiger partial charge in [0.1, 0.15) is 6.54 Å². The maximum Gasteiger partial charge on any atom is 0.322 e. The molecule has 0 aliphatic carbocycles. The molecule has 0 unspecified atom stereocenters. The fourth-order valence-corrected chi connectivity index (χ4v) is 2.14. The van der Waals surface area contributed by atoms with Crippen LogP contribution in [0, 0.1) is 0 Å². The van der Waals surface area contributed by atoms with E-state index in [1.807, 2.05) is 24.3 Å². The number of nitrogens with one attached hydrogen (secondary N) is 2. The van der Waals surface area contributed by atoms with Crippen LogP contribution in [0.3, 0.4) is 0 Å². The Kier molecular flexibility index (Phi) is 7.10. The summed E-state index contributed by atoms with van der Waals surface area (Å²) in [6, 6.07) is 7.50. The van der Waals surface area contributed by atoms with E-state index in [0.717, 1.165) is 9.37 Å². The highest BCUT2D eigenvalue weighted by Crippen LogP contribution is 2.20. The Morgan fingerprint density at radius 3 is 2.25 bits per heavy atom. The van der Waals surface area contributed by atoms with Crippen LogP contribution in [0.25, 0.3) is 0 Å². The van der Waals surface area contributed by atoms with Crippen molar-refractivity contribution in [2.24, 2.45) is 0 Å². The Labute approximate surface area is 128 Å². The van der Waals surface area contributed by atoms with Gasteiger partial charge in [0.25, 0.3) is 0 Å². The van der Waals surface area contributed by atoms with E-state index in [9.17, 15) is 14.4 Å². The van der Waals surface area contributed by atoms with Crippen LogP contribution < -0.4 is 10.6 Å². The zero-order valence-corrected chi connectivity index (χ0v) is 12.8. The second-order valence-corrected chi connectivity index (χ2v) is 5.65. The average molecular weight is 361 g/mol. The molecule has 1 rings (SSSR count). The molecule has 0 saturated heterocycles. The molecular weight excluding hydrogens is 348 g/mol. The smallest absolute Gasteiger partial charge is 0.322 e. The number of rotatable bonds is 7. The zero-order valence-electron chi connectivity index (χ0n) is 10.4. The molecule has 0 atom stereocenters. The third kappa shape index (κ3) is 7.15. The number of aliphatic carboxylic acids is 1. The van der Waals surface area contributed by atoms with Gasteiger partial charge < -0.3 is 15.7 Å². The predicted octanol–water partition coefficient (Wildman–Crippen LogP) is 0.858. The van der Waals surface area contributed by atoms with Crippen molar-refractivity contribution in [2.75, 3.05) is 18.8 Å². The average Bonchev–Trinajstić information content (AvgIpc) is 2.42. The fourth-order valence-electron chi connectivity index (χ4n) is 1.15. The Hall–Kier alpha value is -1.54. The first kappa shape index (κ1) is 16.5. The largest absolute Gasteiger partial charge is 0.480 e. The van der Waals surface area contributed by atoms with Crippen LogP contribution >= 0.6 is 27.7 Å². The van der Waals surface area contributed by atoms with Gasteiger partial charge in [0, 0.05) is 9.37 Å². The zero-order chi connectivity index (χ0) is 15.0. The molecule has 0 aliphatic heterocycles. The van der Waals surface area contributed by atoms with E-state index in [0.29, 0.717) is 0 Å². The van der Waals surface area contributed by atoms with E-state index < -0.39 is 18.4 Å². The molecule has 0 fully saturated rings. The van der Waals surface area contributed by atoms with E-state index in [1.54, 1.807) is 0 Å². The van der Waals surface area contributed by atoms with Crippen LogP contribution in [-0.2, 0) is 14.4 Å². The molecular formula is C12H13BrN2O4S. The van der Waals surface area contributed by atoms with Crippen LogP contribution in [0.4, 0.5) is 0 Å². The molecule has 2 amide bonds. The van der Waals surface area contributed by atoms with Gasteiger partial charge in [-0.05, 0) is 24.3 Å². The maximum atomic E-state index is 11.5. The predicted molar refractivity (Wildman–Crippen MR) is 78.5 cm³/mol. The molecule has 0 spiro atoms. The van der Waals surface area contributed by atoms with E-state index in [4.69, 9.17) is 5.11 Å². The van der Waals surface area contributed by atoms with Crippen molar-refractivity contribution in [2.45, 2.75) is 4.90 Å². The number of hydrogen-bond donors (Lipinski definition) is 3. The first-order valence-electron chi connectivity index (χ1n) is 5.61. The third-order valence-electron chi connectivity index (χ3n) is 2.07. The summed E-state index contributed by atoms with van der Waals surface area (Å²) in [6.45, 7) is -0.685. The number of carboxylic acids is 1. The van der Waals surface area contributed by atoms with Gasteiger partial charge in [0.05, 0.1) is 12.3 Å². The summed E-state index contributed by atoms with van der Waals surface area (Å²) in [6.07, 6.45) is 0. The lowest BCUT2D eigenvalue weighted by Gasteiger charge is -2.05. The first-order chi connectivity index (χ1) is 9.47. The number of halogens is 1. The van der Waals surface area contributed by atoms with Crippen molar-refractivity contribution in [3.63, 3.8) is 0 Å². The number of benzene rings is 1. The lowest BCUT2D eigenvalue weighted by molar-refractivity contribution is -0.137. The highest BCUT2D eigenvalue weighted by Gasteiger charge is 2.07.